The van der Waals surface area contributed by atoms with Gasteiger partial charge >= 0.3 is 0 Å². The molecule has 1 amide bonds. The molecular weight excluding hydrogens is 336 g/mol. The molecule has 0 atom stereocenters. The first-order chi connectivity index (χ1) is 13.3. The number of imidazole rings is 1. The van der Waals surface area contributed by atoms with Crippen LogP contribution in [0.15, 0.2) is 73.1 Å². The van der Waals surface area contributed by atoms with Gasteiger partial charge in [0.2, 0.25) is 0 Å². The first kappa shape index (κ1) is 15.9. The first-order valence-corrected chi connectivity index (χ1v) is 9.25. The van der Waals surface area contributed by atoms with Crippen molar-refractivity contribution in [1.29, 1.82) is 0 Å². The second kappa shape index (κ2) is 6.43. The zero-order valence-electron chi connectivity index (χ0n) is 15.0. The Kier molecular flexibility index (Phi) is 3.78. The lowest BCUT2D eigenvalue weighted by Gasteiger charge is -2.36. The molecule has 1 fully saturated rings. The van der Waals surface area contributed by atoms with E-state index >= 15 is 0 Å². The molecule has 1 aromatic heterocycles. The van der Waals surface area contributed by atoms with Gasteiger partial charge in [-0.1, -0.05) is 48.5 Å². The van der Waals surface area contributed by atoms with E-state index in [-0.39, 0.29) is 5.91 Å². The summed E-state index contributed by atoms with van der Waals surface area (Å²) >= 11 is 0. The third-order valence-electron chi connectivity index (χ3n) is 5.30. The summed E-state index contributed by atoms with van der Waals surface area (Å²) in [7, 11) is 0. The highest BCUT2D eigenvalue weighted by Crippen LogP contribution is 2.21. The largest absolute Gasteiger partial charge is 0.335 e. The number of hydrogen-bond acceptors (Lipinski definition) is 3. The smallest absolute Gasteiger partial charge is 0.254 e. The molecule has 27 heavy (non-hydrogen) atoms. The second-order valence-electron chi connectivity index (χ2n) is 6.85. The summed E-state index contributed by atoms with van der Waals surface area (Å²) in [6, 6.07) is 22.1. The molecule has 1 saturated heterocycles. The third kappa shape index (κ3) is 2.72. The quantitative estimate of drug-likeness (QED) is 0.553. The number of benzene rings is 3. The topological polar surface area (TPSA) is 41.4 Å². The van der Waals surface area contributed by atoms with Crippen molar-refractivity contribution in [2.24, 2.45) is 0 Å². The normalized spacial score (nSPS) is 14.8. The average molecular weight is 356 g/mol. The van der Waals surface area contributed by atoms with Gasteiger partial charge in [-0.15, -0.1) is 0 Å². The third-order valence-corrected chi connectivity index (χ3v) is 5.30. The zero-order chi connectivity index (χ0) is 18.2. The molecular formula is C22H20N4O. The number of nitrogens with zero attached hydrogens (tertiary/aromatic N) is 4. The van der Waals surface area contributed by atoms with Gasteiger partial charge in [-0.25, -0.2) is 9.66 Å². The number of hydrogen-bond donors (Lipinski definition) is 0. The number of carbonyl (C=O) groups is 1. The lowest BCUT2D eigenvalue weighted by molar-refractivity contribution is 0.0741. The van der Waals surface area contributed by atoms with Gasteiger partial charge in [0.25, 0.3) is 5.91 Å². The molecule has 2 heterocycles. The van der Waals surface area contributed by atoms with Crippen LogP contribution in [0.2, 0.25) is 0 Å². The van der Waals surface area contributed by atoms with Crippen LogP contribution < -0.4 is 5.01 Å². The van der Waals surface area contributed by atoms with Crippen molar-refractivity contribution < 1.29 is 4.79 Å². The van der Waals surface area contributed by atoms with Gasteiger partial charge in [0.1, 0.15) is 6.33 Å². The molecule has 4 aromatic rings. The fourth-order valence-corrected chi connectivity index (χ4v) is 3.87. The Hall–Kier alpha value is -3.34. The monoisotopic (exact) mass is 356 g/mol. The molecule has 1 aliphatic rings. The maximum Gasteiger partial charge on any atom is 0.254 e. The molecule has 5 nitrogen and oxygen atoms in total. The predicted molar refractivity (Wildman–Crippen MR) is 108 cm³/mol. The van der Waals surface area contributed by atoms with Crippen molar-refractivity contribution in [3.05, 3.63) is 78.6 Å². The molecule has 0 aliphatic carbocycles. The lowest BCUT2D eigenvalue weighted by atomic mass is 10.0. The molecule has 0 bridgehead atoms. The van der Waals surface area contributed by atoms with Crippen LogP contribution in [-0.4, -0.2) is 46.6 Å². The fraction of sp³-hybridized carbons (Fsp3) is 0.182. The van der Waals surface area contributed by atoms with Gasteiger partial charge in [-0.05, 0) is 29.0 Å². The summed E-state index contributed by atoms with van der Waals surface area (Å²) < 4.78 is 2.11. The molecule has 5 rings (SSSR count). The van der Waals surface area contributed by atoms with E-state index < -0.39 is 0 Å². The van der Waals surface area contributed by atoms with E-state index in [4.69, 9.17) is 0 Å². The summed E-state index contributed by atoms with van der Waals surface area (Å²) in [6.07, 6.45) is 1.87. The van der Waals surface area contributed by atoms with Crippen molar-refractivity contribution in [2.45, 2.75) is 0 Å². The summed E-state index contributed by atoms with van der Waals surface area (Å²) in [6.45, 7) is 2.98. The van der Waals surface area contributed by atoms with Gasteiger partial charge in [0.15, 0.2) is 0 Å². The first-order valence-electron chi connectivity index (χ1n) is 9.25. The number of para-hydroxylation sites is 2. The maximum atomic E-state index is 13.1. The minimum absolute atomic E-state index is 0.113. The number of rotatable bonds is 2. The van der Waals surface area contributed by atoms with Crippen LogP contribution in [0.25, 0.3) is 21.8 Å². The zero-order valence-corrected chi connectivity index (χ0v) is 15.0. The van der Waals surface area contributed by atoms with E-state index in [0.717, 1.165) is 40.5 Å². The van der Waals surface area contributed by atoms with Crippen LogP contribution in [0, 0.1) is 0 Å². The van der Waals surface area contributed by atoms with E-state index in [1.165, 1.54) is 0 Å². The minimum atomic E-state index is 0.113. The van der Waals surface area contributed by atoms with Gasteiger partial charge in [-0.3, -0.25) is 4.79 Å². The summed E-state index contributed by atoms with van der Waals surface area (Å²) in [5, 5.41) is 4.38. The van der Waals surface area contributed by atoms with Crippen LogP contribution in [0.3, 0.4) is 0 Å². The van der Waals surface area contributed by atoms with Crippen molar-refractivity contribution in [3.63, 3.8) is 0 Å². The van der Waals surface area contributed by atoms with Crippen molar-refractivity contribution in [1.82, 2.24) is 14.6 Å². The Bertz CT molecular complexity index is 1120. The molecule has 0 N–H and O–H groups in total. The Morgan fingerprint density at radius 3 is 2.44 bits per heavy atom. The Labute approximate surface area is 157 Å². The van der Waals surface area contributed by atoms with Crippen LogP contribution in [0.1, 0.15) is 10.4 Å². The average Bonchev–Trinajstić information content (AvgIpc) is 3.17. The van der Waals surface area contributed by atoms with Crippen molar-refractivity contribution in [2.75, 3.05) is 31.2 Å². The van der Waals surface area contributed by atoms with Gasteiger partial charge in [0, 0.05) is 18.7 Å². The number of fused-ring (bicyclic) bond motifs is 2. The van der Waals surface area contributed by atoms with E-state index in [1.54, 1.807) is 0 Å². The molecule has 134 valence electrons. The van der Waals surface area contributed by atoms with E-state index in [2.05, 4.69) is 20.7 Å². The Morgan fingerprint density at radius 2 is 1.56 bits per heavy atom. The van der Waals surface area contributed by atoms with E-state index in [0.29, 0.717) is 13.1 Å². The molecule has 5 heteroatoms. The highest BCUT2D eigenvalue weighted by Gasteiger charge is 2.24. The van der Waals surface area contributed by atoms with E-state index in [1.807, 2.05) is 71.9 Å². The SMILES string of the molecule is O=C(c1cccc2ccccc12)N1CCN(n2cnc3ccccc32)CC1. The molecule has 0 saturated carbocycles. The van der Waals surface area contributed by atoms with Crippen molar-refractivity contribution in [3.8, 4) is 0 Å². The highest BCUT2D eigenvalue weighted by molar-refractivity contribution is 6.07. The van der Waals surface area contributed by atoms with Crippen LogP contribution in [0.4, 0.5) is 0 Å². The molecule has 0 spiro atoms. The maximum absolute atomic E-state index is 13.1. The lowest BCUT2D eigenvalue weighted by Crippen LogP contribution is -2.52. The number of carbonyl (C=O) groups excluding carboxylic acids is 1. The molecule has 0 unspecified atom stereocenters. The summed E-state index contributed by atoms with van der Waals surface area (Å²) in [5.41, 5.74) is 2.88. The highest BCUT2D eigenvalue weighted by atomic mass is 16.2. The standard InChI is InChI=1S/C22H20N4O/c27-22(19-9-5-7-17-6-1-2-8-18(17)19)24-12-14-25(15-13-24)26-16-23-20-10-3-4-11-21(20)26/h1-11,16H,12-15H2. The predicted octanol–water partition coefficient (Wildman–Crippen LogP) is 3.28. The van der Waals surface area contributed by atoms with Crippen LogP contribution in [0.5, 0.6) is 0 Å². The van der Waals surface area contributed by atoms with E-state index in [9.17, 15) is 4.79 Å². The van der Waals surface area contributed by atoms with Gasteiger partial charge < -0.3 is 9.91 Å². The fourth-order valence-electron chi connectivity index (χ4n) is 3.87. The number of piperazine rings is 1. The minimum Gasteiger partial charge on any atom is -0.335 e. The summed E-state index contributed by atoms with van der Waals surface area (Å²) in [5.74, 6) is 0.113. The molecule has 1 aliphatic heterocycles. The summed E-state index contributed by atoms with van der Waals surface area (Å²) in [4.78, 5) is 19.5. The van der Waals surface area contributed by atoms with Crippen LogP contribution >= 0.6 is 0 Å². The number of amides is 1. The van der Waals surface area contributed by atoms with Gasteiger partial charge in [-0.2, -0.15) is 0 Å². The van der Waals surface area contributed by atoms with Crippen LogP contribution in [-0.2, 0) is 0 Å². The second-order valence-corrected chi connectivity index (χ2v) is 6.85. The van der Waals surface area contributed by atoms with Gasteiger partial charge in [0.05, 0.1) is 24.1 Å². The Morgan fingerprint density at radius 1 is 0.815 bits per heavy atom. The number of aromatic nitrogens is 2. The molecule has 0 radical (unpaired) electrons. The molecule has 3 aromatic carbocycles. The van der Waals surface area contributed by atoms with Crippen molar-refractivity contribution >= 4 is 27.7 Å². The Balaban J connectivity index is 1.36.